The van der Waals surface area contributed by atoms with Gasteiger partial charge in [0.2, 0.25) is 0 Å². The van der Waals surface area contributed by atoms with Crippen LogP contribution in [0.25, 0.3) is 10.8 Å². The first kappa shape index (κ1) is 13.7. The highest BCUT2D eigenvalue weighted by molar-refractivity contribution is 7.91. The highest BCUT2D eigenvalue weighted by Gasteiger charge is 2.36. The van der Waals surface area contributed by atoms with Crippen LogP contribution in [0.5, 0.6) is 11.5 Å². The molecule has 7 nitrogen and oxygen atoms in total. The fourth-order valence-corrected chi connectivity index (χ4v) is 3.73. The molecule has 3 rings (SSSR count). The number of hydrogen-bond acceptors (Lipinski definition) is 5. The molecule has 1 fully saturated rings. The number of rotatable bonds is 2. The standard InChI is InChI=1S/C13H12N2O5S/c16-7-10-6-15(21(19,20)14-10)12-4-8-1-2-11(17)3-9(8)5-13(12)18/h1-5,7,10,14,17-18H,6H2. The zero-order valence-electron chi connectivity index (χ0n) is 10.7. The molecule has 21 heavy (non-hydrogen) atoms. The summed E-state index contributed by atoms with van der Waals surface area (Å²) < 4.78 is 27.1. The Morgan fingerprint density at radius 1 is 1.19 bits per heavy atom. The maximum atomic E-state index is 12.0. The molecule has 0 aliphatic carbocycles. The van der Waals surface area contributed by atoms with Gasteiger partial charge in [-0.25, -0.2) is 0 Å². The van der Waals surface area contributed by atoms with E-state index in [9.17, 15) is 23.4 Å². The van der Waals surface area contributed by atoms with Crippen molar-refractivity contribution >= 4 is 33.0 Å². The minimum atomic E-state index is -3.86. The number of fused-ring (bicyclic) bond motifs is 1. The minimum Gasteiger partial charge on any atom is -0.508 e. The van der Waals surface area contributed by atoms with Crippen molar-refractivity contribution in [1.82, 2.24) is 4.72 Å². The lowest BCUT2D eigenvalue weighted by Crippen LogP contribution is -2.30. The summed E-state index contributed by atoms with van der Waals surface area (Å²) in [5.74, 6) is -0.198. The molecule has 1 saturated heterocycles. The summed E-state index contributed by atoms with van der Waals surface area (Å²) in [5, 5.41) is 20.7. The number of aldehydes is 1. The lowest BCUT2D eigenvalue weighted by atomic mass is 10.1. The number of benzene rings is 2. The van der Waals surface area contributed by atoms with Gasteiger partial charge in [0.1, 0.15) is 17.8 Å². The number of carbonyl (C=O) groups excluding carboxylic acids is 1. The minimum absolute atomic E-state index is 0.0473. The Morgan fingerprint density at radius 3 is 2.62 bits per heavy atom. The second kappa shape index (κ2) is 4.61. The van der Waals surface area contributed by atoms with Gasteiger partial charge in [0.15, 0.2) is 0 Å². The van der Waals surface area contributed by atoms with Crippen molar-refractivity contribution < 1.29 is 23.4 Å². The van der Waals surface area contributed by atoms with Crippen molar-refractivity contribution in [3.63, 3.8) is 0 Å². The van der Waals surface area contributed by atoms with E-state index in [0.717, 1.165) is 4.31 Å². The molecule has 1 heterocycles. The molecule has 0 aromatic heterocycles. The van der Waals surface area contributed by atoms with Gasteiger partial charge in [0.05, 0.1) is 18.3 Å². The van der Waals surface area contributed by atoms with Crippen molar-refractivity contribution in [3.05, 3.63) is 30.3 Å². The molecular weight excluding hydrogens is 296 g/mol. The largest absolute Gasteiger partial charge is 0.508 e. The van der Waals surface area contributed by atoms with Crippen LogP contribution in [-0.2, 0) is 15.0 Å². The van der Waals surface area contributed by atoms with Gasteiger partial charge in [-0.15, -0.1) is 0 Å². The molecule has 0 saturated carbocycles. The van der Waals surface area contributed by atoms with E-state index in [1.165, 1.54) is 24.3 Å². The van der Waals surface area contributed by atoms with E-state index >= 15 is 0 Å². The van der Waals surface area contributed by atoms with E-state index in [2.05, 4.69) is 4.72 Å². The quantitative estimate of drug-likeness (QED) is 0.699. The van der Waals surface area contributed by atoms with E-state index < -0.39 is 16.3 Å². The number of phenols is 2. The monoisotopic (exact) mass is 308 g/mol. The summed E-state index contributed by atoms with van der Waals surface area (Å²) in [6.45, 7) is -0.0804. The van der Waals surface area contributed by atoms with Gasteiger partial charge < -0.3 is 15.0 Å². The molecule has 1 aliphatic heterocycles. The van der Waals surface area contributed by atoms with Crippen LogP contribution in [-0.4, -0.2) is 37.5 Å². The first-order valence-electron chi connectivity index (χ1n) is 6.12. The van der Waals surface area contributed by atoms with Gasteiger partial charge in [-0.2, -0.15) is 13.1 Å². The summed E-state index contributed by atoms with van der Waals surface area (Å²) >= 11 is 0. The molecule has 2 aromatic rings. The summed E-state index contributed by atoms with van der Waals surface area (Å²) in [7, 11) is -3.86. The van der Waals surface area contributed by atoms with Crippen LogP contribution in [0.15, 0.2) is 30.3 Å². The molecule has 1 aliphatic rings. The zero-order chi connectivity index (χ0) is 15.2. The Kier molecular flexibility index (Phi) is 2.99. The van der Waals surface area contributed by atoms with Gasteiger partial charge in [-0.05, 0) is 35.0 Å². The molecule has 8 heteroatoms. The van der Waals surface area contributed by atoms with Crippen LogP contribution >= 0.6 is 0 Å². The van der Waals surface area contributed by atoms with Gasteiger partial charge in [0.25, 0.3) is 0 Å². The van der Waals surface area contributed by atoms with Crippen molar-refractivity contribution in [3.8, 4) is 11.5 Å². The van der Waals surface area contributed by atoms with Crippen molar-refractivity contribution in [2.24, 2.45) is 0 Å². The number of nitrogens with zero attached hydrogens (tertiary/aromatic N) is 1. The van der Waals surface area contributed by atoms with Crippen LogP contribution in [0, 0.1) is 0 Å². The van der Waals surface area contributed by atoms with Crippen LogP contribution in [0.3, 0.4) is 0 Å². The number of aromatic hydroxyl groups is 2. The Hall–Kier alpha value is -2.32. The Balaban J connectivity index is 2.14. The van der Waals surface area contributed by atoms with Crippen molar-refractivity contribution in [2.75, 3.05) is 10.8 Å². The summed E-state index contributed by atoms with van der Waals surface area (Å²) in [4.78, 5) is 10.8. The molecule has 0 bridgehead atoms. The summed E-state index contributed by atoms with van der Waals surface area (Å²) in [6.07, 6.45) is 0.508. The van der Waals surface area contributed by atoms with Gasteiger partial charge in [-0.1, -0.05) is 6.07 Å². The lowest BCUT2D eigenvalue weighted by Gasteiger charge is -2.18. The van der Waals surface area contributed by atoms with Gasteiger partial charge >= 0.3 is 10.2 Å². The number of phenolic OH excluding ortho intramolecular Hbond substituents is 2. The lowest BCUT2D eigenvalue weighted by molar-refractivity contribution is -0.108. The molecule has 110 valence electrons. The number of nitrogens with one attached hydrogen (secondary N) is 1. The normalized spacial score (nSPS) is 20.8. The number of anilines is 1. The summed E-state index contributed by atoms with van der Waals surface area (Å²) in [5.41, 5.74) is 0.0880. The predicted octanol–water partition coefficient (Wildman–Crippen LogP) is 0.473. The maximum absolute atomic E-state index is 12.0. The highest BCUT2D eigenvalue weighted by Crippen LogP contribution is 2.36. The molecule has 0 spiro atoms. The second-order valence-electron chi connectivity index (χ2n) is 4.77. The topological polar surface area (TPSA) is 107 Å². The van der Waals surface area contributed by atoms with Crippen LogP contribution in [0.4, 0.5) is 5.69 Å². The van der Waals surface area contributed by atoms with E-state index in [-0.39, 0.29) is 23.7 Å². The SMILES string of the molecule is O=CC1CN(c2cc3ccc(O)cc3cc2O)S(=O)(=O)N1. The van der Waals surface area contributed by atoms with Crippen LogP contribution < -0.4 is 9.03 Å². The van der Waals surface area contributed by atoms with Gasteiger partial charge in [0, 0.05) is 0 Å². The average Bonchev–Trinajstić information content (AvgIpc) is 2.73. The average molecular weight is 308 g/mol. The highest BCUT2D eigenvalue weighted by atomic mass is 32.2. The molecule has 3 N–H and O–H groups in total. The number of hydrogen-bond donors (Lipinski definition) is 3. The predicted molar refractivity (Wildman–Crippen MR) is 76.5 cm³/mol. The Labute approximate surface area is 120 Å². The van der Waals surface area contributed by atoms with E-state index in [1.54, 1.807) is 6.07 Å². The van der Waals surface area contributed by atoms with E-state index in [4.69, 9.17) is 0 Å². The smallest absolute Gasteiger partial charge is 0.302 e. The third-order valence-electron chi connectivity index (χ3n) is 3.30. The third kappa shape index (κ3) is 2.28. The van der Waals surface area contributed by atoms with Crippen molar-refractivity contribution in [1.29, 1.82) is 0 Å². The van der Waals surface area contributed by atoms with E-state index in [1.807, 2.05) is 0 Å². The first-order valence-corrected chi connectivity index (χ1v) is 7.56. The number of carbonyl (C=O) groups is 1. The third-order valence-corrected chi connectivity index (χ3v) is 4.83. The fraction of sp³-hybridized carbons (Fsp3) is 0.154. The van der Waals surface area contributed by atoms with E-state index in [0.29, 0.717) is 17.1 Å². The second-order valence-corrected chi connectivity index (χ2v) is 6.40. The molecule has 0 amide bonds. The molecule has 2 aromatic carbocycles. The maximum Gasteiger partial charge on any atom is 0.302 e. The molecule has 1 unspecified atom stereocenters. The van der Waals surface area contributed by atoms with Gasteiger partial charge in [-0.3, -0.25) is 4.31 Å². The first-order chi connectivity index (χ1) is 9.90. The van der Waals surface area contributed by atoms with Crippen LogP contribution in [0.1, 0.15) is 0 Å². The molecular formula is C13H12N2O5S. The van der Waals surface area contributed by atoms with Crippen molar-refractivity contribution in [2.45, 2.75) is 6.04 Å². The van der Waals surface area contributed by atoms with Crippen LogP contribution in [0.2, 0.25) is 0 Å². The zero-order valence-corrected chi connectivity index (χ0v) is 11.5. The summed E-state index contributed by atoms with van der Waals surface area (Å²) in [6, 6.07) is 6.56. The Bertz CT molecular complexity index is 834. The Morgan fingerprint density at radius 2 is 1.95 bits per heavy atom. The molecule has 0 radical (unpaired) electrons. The fourth-order valence-electron chi connectivity index (χ4n) is 2.33. The molecule has 1 atom stereocenters.